The number of hydrogen-bond acceptors (Lipinski definition) is 3. The van der Waals surface area contributed by atoms with Crippen LogP contribution in [0.15, 0.2) is 235 Å². The average Bonchev–Trinajstić information content (AvgIpc) is 3.37. The molecule has 3 heteroatoms. The van der Waals surface area contributed by atoms with Gasteiger partial charge in [-0.15, -0.1) is 0 Å². The maximum absolute atomic E-state index is 5.58. The molecular formula is C61H37N3. The Kier molecular flexibility index (Phi) is 7.52. The van der Waals surface area contributed by atoms with Crippen LogP contribution >= 0.6 is 0 Å². The molecule has 0 amide bonds. The molecule has 0 radical (unpaired) electrons. The van der Waals surface area contributed by atoms with Crippen LogP contribution in [0.1, 0.15) is 11.1 Å². The van der Waals surface area contributed by atoms with E-state index in [-0.39, 0.29) is 11.8 Å². The van der Waals surface area contributed by atoms with Crippen LogP contribution < -0.4 is 0 Å². The van der Waals surface area contributed by atoms with Crippen molar-refractivity contribution in [2.75, 3.05) is 0 Å². The predicted molar refractivity (Wildman–Crippen MR) is 267 cm³/mol. The summed E-state index contributed by atoms with van der Waals surface area (Å²) in [5.41, 5.74) is 17.3. The molecule has 4 aliphatic carbocycles. The molecule has 7 aromatic carbocycles. The van der Waals surface area contributed by atoms with E-state index in [4.69, 9.17) is 15.0 Å². The topological polar surface area (TPSA) is 38.7 Å². The molecule has 10 aromatic rings. The van der Waals surface area contributed by atoms with Crippen molar-refractivity contribution in [2.24, 2.45) is 11.8 Å². The lowest BCUT2D eigenvalue weighted by Gasteiger charge is -2.41. The molecule has 0 N–H and O–H groups in total. The van der Waals surface area contributed by atoms with Crippen LogP contribution in [0, 0.1) is 11.8 Å². The third-order valence-electron chi connectivity index (χ3n) is 14.0. The van der Waals surface area contributed by atoms with Crippen molar-refractivity contribution in [1.29, 1.82) is 0 Å². The third-order valence-corrected chi connectivity index (χ3v) is 14.0. The molecule has 4 aliphatic rings. The first kappa shape index (κ1) is 35.3. The summed E-state index contributed by atoms with van der Waals surface area (Å²) in [5.74, 6) is 0.487. The van der Waals surface area contributed by atoms with Crippen LogP contribution in [0.5, 0.6) is 0 Å². The van der Waals surface area contributed by atoms with E-state index in [0.717, 1.165) is 60.8 Å². The normalized spacial score (nSPS) is 17.6. The van der Waals surface area contributed by atoms with Gasteiger partial charge in [-0.05, 0) is 78.7 Å². The number of pyridine rings is 3. The van der Waals surface area contributed by atoms with Gasteiger partial charge in [0.05, 0.1) is 27.9 Å². The lowest BCUT2D eigenvalue weighted by Crippen LogP contribution is -2.29. The van der Waals surface area contributed by atoms with Gasteiger partial charge in [-0.25, -0.2) is 9.97 Å². The number of hydrogen-bond donors (Lipinski definition) is 0. The molecule has 0 bridgehead atoms. The first-order valence-electron chi connectivity index (χ1n) is 22.2. The van der Waals surface area contributed by atoms with E-state index in [1.54, 1.807) is 0 Å². The van der Waals surface area contributed by atoms with Gasteiger partial charge in [-0.1, -0.05) is 188 Å². The Morgan fingerprint density at radius 2 is 1.06 bits per heavy atom. The summed E-state index contributed by atoms with van der Waals surface area (Å²) in [7, 11) is 0. The molecule has 64 heavy (non-hydrogen) atoms. The van der Waals surface area contributed by atoms with Crippen molar-refractivity contribution < 1.29 is 0 Å². The van der Waals surface area contributed by atoms with E-state index in [0.29, 0.717) is 0 Å². The van der Waals surface area contributed by atoms with Gasteiger partial charge in [0, 0.05) is 61.7 Å². The number of aromatic nitrogens is 3. The molecule has 2 atom stereocenters. The Labute approximate surface area is 369 Å². The Balaban J connectivity index is 0.855. The highest BCUT2D eigenvalue weighted by atomic mass is 14.8. The molecule has 3 aromatic heterocycles. The molecule has 2 unspecified atom stereocenters. The van der Waals surface area contributed by atoms with Crippen molar-refractivity contribution in [3.05, 3.63) is 246 Å². The molecule has 296 valence electrons. The highest BCUT2D eigenvalue weighted by Crippen LogP contribution is 2.53. The summed E-state index contributed by atoms with van der Waals surface area (Å²) in [4.78, 5) is 15.8. The summed E-state index contributed by atoms with van der Waals surface area (Å²) < 4.78 is 0. The van der Waals surface area contributed by atoms with Crippen LogP contribution in [0.3, 0.4) is 0 Å². The maximum atomic E-state index is 5.58. The van der Waals surface area contributed by atoms with Gasteiger partial charge in [0.1, 0.15) is 0 Å². The van der Waals surface area contributed by atoms with Gasteiger partial charge < -0.3 is 0 Å². The lowest BCUT2D eigenvalue weighted by atomic mass is 9.62. The van der Waals surface area contributed by atoms with Crippen molar-refractivity contribution in [3.8, 4) is 22.5 Å². The fourth-order valence-electron chi connectivity index (χ4n) is 11.1. The van der Waals surface area contributed by atoms with Crippen molar-refractivity contribution >= 4 is 76.2 Å². The molecule has 0 fully saturated rings. The summed E-state index contributed by atoms with van der Waals surface area (Å²) in [6.45, 7) is 0. The van der Waals surface area contributed by atoms with E-state index in [1.807, 2.05) is 12.3 Å². The molecule has 3 nitrogen and oxygen atoms in total. The first-order chi connectivity index (χ1) is 31.7. The zero-order valence-corrected chi connectivity index (χ0v) is 34.7. The molecular weight excluding hydrogens is 775 g/mol. The molecule has 14 rings (SSSR count). The summed E-state index contributed by atoms with van der Waals surface area (Å²) in [5, 5.41) is 10.7. The Hall–Kier alpha value is -8.27. The maximum Gasteiger partial charge on any atom is 0.0972 e. The Bertz CT molecular complexity index is 3950. The highest BCUT2D eigenvalue weighted by molar-refractivity contribution is 6.31. The molecule has 0 saturated carbocycles. The van der Waals surface area contributed by atoms with Gasteiger partial charge >= 0.3 is 0 Å². The van der Waals surface area contributed by atoms with E-state index in [1.165, 1.54) is 71.3 Å². The first-order valence-corrected chi connectivity index (χ1v) is 22.2. The van der Waals surface area contributed by atoms with Gasteiger partial charge in [0.15, 0.2) is 0 Å². The molecule has 0 aliphatic heterocycles. The number of fused-ring (bicyclic) bond motifs is 11. The lowest BCUT2D eigenvalue weighted by molar-refractivity contribution is 0.568. The minimum Gasteiger partial charge on any atom is -0.253 e. The smallest absolute Gasteiger partial charge is 0.0972 e. The van der Waals surface area contributed by atoms with Gasteiger partial charge in [-0.3, -0.25) is 4.98 Å². The quantitative estimate of drug-likeness (QED) is 0.166. The summed E-state index contributed by atoms with van der Waals surface area (Å²) >= 11 is 0. The van der Waals surface area contributed by atoms with Crippen LogP contribution in [-0.4, -0.2) is 15.0 Å². The Morgan fingerprint density at radius 3 is 1.92 bits per heavy atom. The minimum absolute atomic E-state index is 0.238. The summed E-state index contributed by atoms with van der Waals surface area (Å²) in [6.07, 6.45) is 20.9. The van der Waals surface area contributed by atoms with Gasteiger partial charge in [0.25, 0.3) is 0 Å². The standard InChI is InChI=1S/C61H37N3/c1-2-11-36(12-3-1)54-30-27-38-22-24-43-34-45(35-62-59(43)60(38)63-54)46-28-25-37-21-23-40-32-44(33-41-26-29-51(46)56(37)55(40)41)39-13-10-14-42(31-39)58-53-20-9-7-18-50(53)57-49-17-6-4-15-47(49)48-16-5-8-19-52(48)61(57)64-58/h1-35,55-56H. The minimum atomic E-state index is 0.238. The molecule has 0 spiro atoms. The number of benzene rings is 7. The van der Waals surface area contributed by atoms with Crippen molar-refractivity contribution in [2.45, 2.75) is 0 Å². The van der Waals surface area contributed by atoms with Crippen molar-refractivity contribution in [1.82, 2.24) is 15.0 Å². The van der Waals surface area contributed by atoms with Crippen LogP contribution in [0.25, 0.3) is 98.7 Å². The zero-order chi connectivity index (χ0) is 41.9. The monoisotopic (exact) mass is 811 g/mol. The van der Waals surface area contributed by atoms with E-state index in [2.05, 4.69) is 200 Å². The largest absolute Gasteiger partial charge is 0.253 e. The SMILES string of the molecule is C1=CC2=CC=C(c3cnc4c(ccc5ccc(-c6ccccc6)nc54)c3)C3=CC=C4C=C(c5cccc(-c6nc7c8ccccc8c8ccccc8c7c7ccccc67)c5)C=C1C4C23. The van der Waals surface area contributed by atoms with Crippen LogP contribution in [0.4, 0.5) is 0 Å². The second-order valence-corrected chi connectivity index (χ2v) is 17.5. The number of allylic oxidation sites excluding steroid dienone is 14. The number of rotatable bonds is 4. The van der Waals surface area contributed by atoms with Gasteiger partial charge in [0.2, 0.25) is 0 Å². The highest BCUT2D eigenvalue weighted by Gasteiger charge is 2.40. The second kappa shape index (κ2) is 13.6. The zero-order valence-electron chi connectivity index (χ0n) is 34.7. The average molecular weight is 812 g/mol. The molecule has 0 saturated heterocycles. The fraction of sp³-hybridized carbons (Fsp3) is 0.0328. The fourth-order valence-corrected chi connectivity index (χ4v) is 11.1. The number of nitrogens with zero attached hydrogens (tertiary/aromatic N) is 3. The van der Waals surface area contributed by atoms with Crippen LogP contribution in [0.2, 0.25) is 0 Å². The third kappa shape index (κ3) is 5.25. The van der Waals surface area contributed by atoms with Crippen molar-refractivity contribution in [3.63, 3.8) is 0 Å². The van der Waals surface area contributed by atoms with E-state index in [9.17, 15) is 0 Å². The van der Waals surface area contributed by atoms with Gasteiger partial charge in [-0.2, -0.15) is 0 Å². The second-order valence-electron chi connectivity index (χ2n) is 17.5. The Morgan fingerprint density at radius 1 is 0.391 bits per heavy atom. The summed E-state index contributed by atoms with van der Waals surface area (Å²) in [6, 6.07) is 56.5. The van der Waals surface area contributed by atoms with E-state index >= 15 is 0 Å². The molecule has 3 heterocycles. The van der Waals surface area contributed by atoms with E-state index < -0.39 is 0 Å². The predicted octanol–water partition coefficient (Wildman–Crippen LogP) is 15.1. The van der Waals surface area contributed by atoms with Crippen LogP contribution in [-0.2, 0) is 0 Å².